The van der Waals surface area contributed by atoms with Crippen molar-refractivity contribution in [2.75, 3.05) is 19.8 Å². The zero-order valence-electron chi connectivity index (χ0n) is 8.40. The number of pyridine rings is 1. The van der Waals surface area contributed by atoms with E-state index in [9.17, 15) is 0 Å². The van der Waals surface area contributed by atoms with Crippen molar-refractivity contribution >= 4 is 11.6 Å². The number of hydrogen-bond donors (Lipinski definition) is 2. The molecule has 2 N–H and O–H groups in total. The van der Waals surface area contributed by atoms with Crippen LogP contribution in [0.3, 0.4) is 0 Å². The van der Waals surface area contributed by atoms with Gasteiger partial charge in [0.25, 0.3) is 0 Å². The van der Waals surface area contributed by atoms with Crippen LogP contribution >= 0.6 is 11.6 Å². The lowest BCUT2D eigenvalue weighted by Crippen LogP contribution is -2.37. The zero-order valence-corrected chi connectivity index (χ0v) is 9.15. The first-order chi connectivity index (χ1) is 7.33. The SMILES string of the molecule is ClC1COCCN1.OCc1ccccn1. The maximum atomic E-state index is 8.48. The van der Waals surface area contributed by atoms with Gasteiger partial charge in [0.15, 0.2) is 0 Å². The molecule has 1 aliphatic rings. The summed E-state index contributed by atoms with van der Waals surface area (Å²) in [6.45, 7) is 2.35. The molecule has 84 valence electrons. The molecule has 1 aromatic heterocycles. The summed E-state index contributed by atoms with van der Waals surface area (Å²) in [4.78, 5) is 3.85. The van der Waals surface area contributed by atoms with Gasteiger partial charge in [-0.25, -0.2) is 0 Å². The van der Waals surface area contributed by atoms with E-state index in [1.807, 2.05) is 12.1 Å². The van der Waals surface area contributed by atoms with Gasteiger partial charge in [-0.15, -0.1) is 11.6 Å². The fourth-order valence-electron chi connectivity index (χ4n) is 1.03. The predicted octanol–water partition coefficient (Wildman–Crippen LogP) is 0.745. The summed E-state index contributed by atoms with van der Waals surface area (Å²) in [5.41, 5.74) is 0.751. The summed E-state index contributed by atoms with van der Waals surface area (Å²) in [5.74, 6) is 0. The van der Waals surface area contributed by atoms with E-state index >= 15 is 0 Å². The molecule has 15 heavy (non-hydrogen) atoms. The van der Waals surface area contributed by atoms with Gasteiger partial charge in [0.05, 0.1) is 25.5 Å². The molecule has 1 fully saturated rings. The number of alkyl halides is 1. The lowest BCUT2D eigenvalue weighted by molar-refractivity contribution is 0.0985. The largest absolute Gasteiger partial charge is 0.390 e. The summed E-state index contributed by atoms with van der Waals surface area (Å²) in [7, 11) is 0. The Hall–Kier alpha value is -0.680. The maximum Gasteiger partial charge on any atom is 0.106 e. The second-order valence-corrected chi connectivity index (χ2v) is 3.50. The number of aliphatic hydroxyl groups excluding tert-OH is 1. The minimum atomic E-state index is 0.0286. The van der Waals surface area contributed by atoms with Crippen LogP contribution in [0.2, 0.25) is 0 Å². The van der Waals surface area contributed by atoms with E-state index in [4.69, 9.17) is 21.4 Å². The Labute approximate surface area is 94.2 Å². The molecule has 0 saturated carbocycles. The van der Waals surface area contributed by atoms with Gasteiger partial charge in [-0.1, -0.05) is 6.07 Å². The molecular weight excluding hydrogens is 216 g/mol. The van der Waals surface area contributed by atoms with Crippen molar-refractivity contribution in [1.29, 1.82) is 0 Å². The van der Waals surface area contributed by atoms with E-state index in [0.29, 0.717) is 12.3 Å². The molecule has 2 heterocycles. The molecule has 0 aliphatic carbocycles. The Kier molecular flexibility index (Phi) is 6.27. The van der Waals surface area contributed by atoms with Crippen molar-refractivity contribution in [3.8, 4) is 0 Å². The number of aliphatic hydroxyl groups is 1. The van der Waals surface area contributed by atoms with Crippen LogP contribution in [0.4, 0.5) is 0 Å². The van der Waals surface area contributed by atoms with Crippen LogP contribution < -0.4 is 5.32 Å². The van der Waals surface area contributed by atoms with Crippen LogP contribution in [0.5, 0.6) is 0 Å². The van der Waals surface area contributed by atoms with Crippen molar-refractivity contribution in [1.82, 2.24) is 10.3 Å². The number of morpholine rings is 1. The maximum absolute atomic E-state index is 8.48. The Balaban J connectivity index is 0.000000151. The van der Waals surface area contributed by atoms with Crippen LogP contribution in [0.25, 0.3) is 0 Å². The molecule has 1 aliphatic heterocycles. The lowest BCUT2D eigenvalue weighted by atomic mass is 10.4. The molecule has 0 radical (unpaired) electrons. The molecule has 1 saturated heterocycles. The number of nitrogens with one attached hydrogen (secondary N) is 1. The molecular formula is C10H15ClN2O2. The van der Waals surface area contributed by atoms with E-state index in [1.54, 1.807) is 12.3 Å². The van der Waals surface area contributed by atoms with E-state index < -0.39 is 0 Å². The second kappa shape index (κ2) is 7.59. The van der Waals surface area contributed by atoms with Gasteiger partial charge < -0.3 is 9.84 Å². The highest BCUT2D eigenvalue weighted by Crippen LogP contribution is 1.95. The topological polar surface area (TPSA) is 54.4 Å². The third-order valence-corrected chi connectivity index (χ3v) is 2.04. The van der Waals surface area contributed by atoms with Gasteiger partial charge in [0.2, 0.25) is 0 Å². The quantitative estimate of drug-likeness (QED) is 0.552. The molecule has 0 aromatic carbocycles. The summed E-state index contributed by atoms with van der Waals surface area (Å²) in [5, 5.41) is 11.5. The standard InChI is InChI=1S/C6H7NO.C4H8ClNO/c8-5-6-3-1-2-4-7-6;5-4-3-7-2-1-6-4/h1-4,8H,5H2;4,6H,1-3H2. The molecule has 0 spiro atoms. The number of ether oxygens (including phenoxy) is 1. The third kappa shape index (κ3) is 5.69. The van der Waals surface area contributed by atoms with E-state index in [-0.39, 0.29) is 12.1 Å². The van der Waals surface area contributed by atoms with Crippen LogP contribution in [0.1, 0.15) is 5.69 Å². The average Bonchev–Trinajstić information content (AvgIpc) is 2.32. The normalized spacial score (nSPS) is 20.3. The first-order valence-electron chi connectivity index (χ1n) is 4.79. The summed E-state index contributed by atoms with van der Waals surface area (Å²) in [6, 6.07) is 5.44. The second-order valence-electron chi connectivity index (χ2n) is 2.98. The highest BCUT2D eigenvalue weighted by molar-refractivity contribution is 6.20. The molecule has 4 nitrogen and oxygen atoms in total. The van der Waals surface area contributed by atoms with Crippen LogP contribution in [0, 0.1) is 0 Å². The van der Waals surface area contributed by atoms with Crippen molar-refractivity contribution in [3.63, 3.8) is 0 Å². The van der Waals surface area contributed by atoms with Gasteiger partial charge in [-0.3, -0.25) is 10.3 Å². The highest BCUT2D eigenvalue weighted by atomic mass is 35.5. The molecule has 1 unspecified atom stereocenters. The fourth-order valence-corrected chi connectivity index (χ4v) is 1.22. The van der Waals surface area contributed by atoms with Gasteiger partial charge in [0, 0.05) is 12.7 Å². The number of rotatable bonds is 1. The Morgan fingerprint density at radius 3 is 2.80 bits per heavy atom. The van der Waals surface area contributed by atoms with E-state index in [2.05, 4.69) is 10.3 Å². The van der Waals surface area contributed by atoms with Gasteiger partial charge in [-0.05, 0) is 12.1 Å². The third-order valence-electron chi connectivity index (χ3n) is 1.76. The number of nitrogens with zero attached hydrogens (tertiary/aromatic N) is 1. The summed E-state index contributed by atoms with van der Waals surface area (Å²) in [6.07, 6.45) is 1.66. The molecule has 0 bridgehead atoms. The Bertz CT molecular complexity index is 253. The minimum absolute atomic E-state index is 0.0286. The fraction of sp³-hybridized carbons (Fsp3) is 0.500. The first-order valence-corrected chi connectivity index (χ1v) is 5.22. The Morgan fingerprint density at radius 2 is 2.47 bits per heavy atom. The van der Waals surface area contributed by atoms with Crippen molar-refractivity contribution in [3.05, 3.63) is 30.1 Å². The van der Waals surface area contributed by atoms with Crippen LogP contribution in [0.15, 0.2) is 24.4 Å². The van der Waals surface area contributed by atoms with Crippen LogP contribution in [-0.4, -0.2) is 35.4 Å². The molecule has 2 rings (SSSR count). The monoisotopic (exact) mass is 230 g/mol. The predicted molar refractivity (Wildman–Crippen MR) is 58.6 cm³/mol. The Morgan fingerprint density at radius 1 is 1.60 bits per heavy atom. The summed E-state index contributed by atoms with van der Waals surface area (Å²) >= 11 is 5.58. The highest BCUT2D eigenvalue weighted by Gasteiger charge is 2.06. The van der Waals surface area contributed by atoms with Crippen molar-refractivity contribution in [2.24, 2.45) is 0 Å². The number of halogens is 1. The van der Waals surface area contributed by atoms with Gasteiger partial charge in [0.1, 0.15) is 5.50 Å². The average molecular weight is 231 g/mol. The van der Waals surface area contributed by atoms with Gasteiger partial charge >= 0.3 is 0 Å². The van der Waals surface area contributed by atoms with Crippen molar-refractivity contribution < 1.29 is 9.84 Å². The van der Waals surface area contributed by atoms with E-state index in [0.717, 1.165) is 13.2 Å². The zero-order chi connectivity index (χ0) is 10.9. The molecule has 1 atom stereocenters. The molecule has 1 aromatic rings. The van der Waals surface area contributed by atoms with Crippen LogP contribution in [-0.2, 0) is 11.3 Å². The van der Waals surface area contributed by atoms with Gasteiger partial charge in [-0.2, -0.15) is 0 Å². The van der Waals surface area contributed by atoms with Crippen molar-refractivity contribution in [2.45, 2.75) is 12.1 Å². The minimum Gasteiger partial charge on any atom is -0.390 e. The first kappa shape index (κ1) is 12.4. The summed E-state index contributed by atoms with van der Waals surface area (Å²) < 4.78 is 4.99. The van der Waals surface area contributed by atoms with E-state index in [1.165, 1.54) is 0 Å². The number of hydrogen-bond acceptors (Lipinski definition) is 4. The number of aromatic nitrogens is 1. The smallest absolute Gasteiger partial charge is 0.106 e. The lowest BCUT2D eigenvalue weighted by Gasteiger charge is -2.17. The molecule has 0 amide bonds. The molecule has 5 heteroatoms.